The van der Waals surface area contributed by atoms with Gasteiger partial charge in [-0.15, -0.1) is 0 Å². The molecule has 4 rings (SSSR count). The number of piperidine rings is 2. The maximum absolute atomic E-state index is 13.2. The molecule has 3 amide bonds. The van der Waals surface area contributed by atoms with E-state index in [0.717, 1.165) is 23.3 Å². The summed E-state index contributed by atoms with van der Waals surface area (Å²) in [7, 11) is 0. The van der Waals surface area contributed by atoms with Gasteiger partial charge in [-0.05, 0) is 87.0 Å². The molecule has 10 heteroatoms. The van der Waals surface area contributed by atoms with E-state index in [1.165, 1.54) is 12.1 Å². The summed E-state index contributed by atoms with van der Waals surface area (Å²) in [6.45, 7) is 4.31. The molecule has 2 heterocycles. The summed E-state index contributed by atoms with van der Waals surface area (Å²) in [5.74, 6) is -0.663. The van der Waals surface area contributed by atoms with Crippen molar-refractivity contribution in [3.8, 4) is 0 Å². The van der Waals surface area contributed by atoms with Gasteiger partial charge >= 0.3 is 6.18 Å². The van der Waals surface area contributed by atoms with Gasteiger partial charge in [0.15, 0.2) is 0 Å². The fourth-order valence-corrected chi connectivity index (χ4v) is 5.20. The maximum Gasteiger partial charge on any atom is 0.416 e. The van der Waals surface area contributed by atoms with E-state index in [2.05, 4.69) is 5.32 Å². The van der Waals surface area contributed by atoms with Crippen molar-refractivity contribution in [1.29, 1.82) is 0 Å². The third-order valence-corrected chi connectivity index (χ3v) is 7.61. The molecule has 3 N–H and O–H groups in total. The molecule has 0 aliphatic carbocycles. The summed E-state index contributed by atoms with van der Waals surface area (Å²) in [4.78, 5) is 40.9. The third kappa shape index (κ3) is 6.72. The highest BCUT2D eigenvalue weighted by molar-refractivity contribution is 5.98. The normalized spacial score (nSPS) is 17.8. The highest BCUT2D eigenvalue weighted by atomic mass is 19.4. The van der Waals surface area contributed by atoms with Crippen LogP contribution < -0.4 is 11.1 Å². The molecule has 0 bridgehead atoms. The van der Waals surface area contributed by atoms with Gasteiger partial charge in [0.05, 0.1) is 12.1 Å². The fourth-order valence-electron chi connectivity index (χ4n) is 5.20. The number of primary amides is 1. The first-order valence-electron chi connectivity index (χ1n) is 12.9. The van der Waals surface area contributed by atoms with E-state index in [1.807, 2.05) is 11.8 Å². The Morgan fingerprint density at radius 3 is 2.16 bits per heavy atom. The fraction of sp³-hybridized carbons (Fsp3) is 0.464. The van der Waals surface area contributed by atoms with Gasteiger partial charge in [-0.2, -0.15) is 13.2 Å². The van der Waals surface area contributed by atoms with E-state index in [1.54, 1.807) is 23.1 Å². The molecule has 2 fully saturated rings. The second kappa shape index (κ2) is 11.6. The number of carbonyl (C=O) groups is 3. The first-order valence-corrected chi connectivity index (χ1v) is 12.9. The molecule has 0 saturated carbocycles. The summed E-state index contributed by atoms with van der Waals surface area (Å²) < 4.78 is 38.5. The summed E-state index contributed by atoms with van der Waals surface area (Å²) in [6, 6.07) is 10.5. The van der Waals surface area contributed by atoms with E-state index in [0.29, 0.717) is 63.1 Å². The second-order valence-electron chi connectivity index (χ2n) is 10.2. The van der Waals surface area contributed by atoms with Gasteiger partial charge in [-0.3, -0.25) is 19.3 Å². The van der Waals surface area contributed by atoms with Gasteiger partial charge in [0.25, 0.3) is 5.91 Å². The smallest absolute Gasteiger partial charge is 0.369 e. The quantitative estimate of drug-likeness (QED) is 0.586. The van der Waals surface area contributed by atoms with Crippen LogP contribution in [0.1, 0.15) is 58.6 Å². The number of halogens is 3. The van der Waals surface area contributed by atoms with Crippen LogP contribution >= 0.6 is 0 Å². The molecular weight excluding hydrogens is 497 g/mol. The minimum Gasteiger partial charge on any atom is -0.369 e. The average molecular weight is 531 g/mol. The summed E-state index contributed by atoms with van der Waals surface area (Å²) in [6.07, 6.45) is -1.75. The van der Waals surface area contributed by atoms with Gasteiger partial charge < -0.3 is 16.0 Å². The van der Waals surface area contributed by atoms with Crippen LogP contribution in [0.25, 0.3) is 0 Å². The topological polar surface area (TPSA) is 95.7 Å². The molecule has 38 heavy (non-hydrogen) atoms. The van der Waals surface area contributed by atoms with Gasteiger partial charge in [-0.25, -0.2) is 0 Å². The van der Waals surface area contributed by atoms with Crippen molar-refractivity contribution in [2.24, 2.45) is 11.7 Å². The van der Waals surface area contributed by atoms with Crippen LogP contribution in [0, 0.1) is 12.8 Å². The molecule has 0 atom stereocenters. The number of nitrogens with two attached hydrogens (primary N) is 1. The molecular formula is C28H33F3N4O3. The first kappa shape index (κ1) is 27.6. The number of rotatable bonds is 6. The number of anilines is 1. The first-order chi connectivity index (χ1) is 18.0. The molecule has 0 aromatic heterocycles. The van der Waals surface area contributed by atoms with E-state index in [-0.39, 0.29) is 36.1 Å². The summed E-state index contributed by atoms with van der Waals surface area (Å²) in [5, 5.41) is 2.91. The Bertz CT molecular complexity index is 1170. The molecule has 0 spiro atoms. The molecule has 2 aromatic rings. The maximum atomic E-state index is 13.2. The van der Waals surface area contributed by atoms with Gasteiger partial charge in [0.2, 0.25) is 11.8 Å². The minimum absolute atomic E-state index is 0.0993. The number of alkyl halides is 3. The van der Waals surface area contributed by atoms with Crippen molar-refractivity contribution in [2.45, 2.75) is 44.7 Å². The zero-order chi connectivity index (χ0) is 27.4. The predicted molar refractivity (Wildman–Crippen MR) is 137 cm³/mol. The zero-order valence-corrected chi connectivity index (χ0v) is 21.4. The monoisotopic (exact) mass is 530 g/mol. The number of nitrogens with zero attached hydrogens (tertiary/aromatic N) is 2. The summed E-state index contributed by atoms with van der Waals surface area (Å²) >= 11 is 0. The molecule has 2 aliphatic rings. The zero-order valence-electron chi connectivity index (χ0n) is 21.4. The Labute approximate surface area is 220 Å². The molecule has 0 radical (unpaired) electrons. The SMILES string of the molecule is Cc1ccc(C(=O)N2CCC(c3ccc(C(F)(F)F)cc3)CC2)cc1NC(=O)CN1CCC(C(N)=O)CC1. The highest BCUT2D eigenvalue weighted by Crippen LogP contribution is 2.33. The number of hydrogen-bond acceptors (Lipinski definition) is 4. The molecule has 2 saturated heterocycles. The van der Waals surface area contributed by atoms with E-state index in [9.17, 15) is 27.6 Å². The number of benzene rings is 2. The van der Waals surface area contributed by atoms with Gasteiger partial charge in [-0.1, -0.05) is 18.2 Å². The third-order valence-electron chi connectivity index (χ3n) is 7.61. The summed E-state index contributed by atoms with van der Waals surface area (Å²) in [5.41, 5.74) is 7.45. The number of likely N-dealkylation sites (tertiary alicyclic amines) is 2. The Hall–Kier alpha value is -3.40. The number of carbonyl (C=O) groups excluding carboxylic acids is 3. The molecule has 2 aromatic carbocycles. The van der Waals surface area contributed by atoms with Crippen molar-refractivity contribution in [2.75, 3.05) is 38.0 Å². The lowest BCUT2D eigenvalue weighted by Crippen LogP contribution is -2.42. The Balaban J connectivity index is 1.31. The number of amides is 3. The standard InChI is InChI=1S/C28H33F3N4O3/c1-18-2-3-22(16-24(18)33-25(36)17-34-12-8-21(9-13-34)26(32)37)27(38)35-14-10-20(11-15-35)19-4-6-23(7-5-19)28(29,30)31/h2-7,16,20-21H,8-15,17H2,1H3,(H2,32,37)(H,33,36). The van der Waals surface area contributed by atoms with E-state index < -0.39 is 11.7 Å². The van der Waals surface area contributed by atoms with E-state index >= 15 is 0 Å². The Kier molecular flexibility index (Phi) is 8.40. The molecule has 0 unspecified atom stereocenters. The second-order valence-corrected chi connectivity index (χ2v) is 10.2. The Morgan fingerprint density at radius 1 is 0.947 bits per heavy atom. The van der Waals surface area contributed by atoms with Crippen LogP contribution in [0.2, 0.25) is 0 Å². The lowest BCUT2D eigenvalue weighted by atomic mass is 9.88. The van der Waals surface area contributed by atoms with Crippen LogP contribution in [0.15, 0.2) is 42.5 Å². The van der Waals surface area contributed by atoms with Gasteiger partial charge in [0.1, 0.15) is 0 Å². The van der Waals surface area contributed by atoms with Crippen molar-refractivity contribution < 1.29 is 27.6 Å². The number of nitrogens with one attached hydrogen (secondary N) is 1. The predicted octanol–water partition coefficient (Wildman–Crippen LogP) is 4.17. The Morgan fingerprint density at radius 2 is 1.58 bits per heavy atom. The van der Waals surface area contributed by atoms with Crippen molar-refractivity contribution in [1.82, 2.24) is 9.80 Å². The lowest BCUT2D eigenvalue weighted by molar-refractivity contribution is -0.137. The molecule has 7 nitrogen and oxygen atoms in total. The van der Waals surface area contributed by atoms with Gasteiger partial charge in [0, 0.05) is 30.3 Å². The number of hydrogen-bond donors (Lipinski definition) is 2. The lowest BCUT2D eigenvalue weighted by Gasteiger charge is -2.32. The van der Waals surface area contributed by atoms with E-state index in [4.69, 9.17) is 5.73 Å². The highest BCUT2D eigenvalue weighted by Gasteiger charge is 2.31. The van der Waals surface area contributed by atoms with Crippen molar-refractivity contribution in [3.63, 3.8) is 0 Å². The largest absolute Gasteiger partial charge is 0.416 e. The average Bonchev–Trinajstić information content (AvgIpc) is 2.89. The number of aryl methyl sites for hydroxylation is 1. The minimum atomic E-state index is -4.36. The van der Waals surface area contributed by atoms with Crippen LogP contribution in [0.3, 0.4) is 0 Å². The van der Waals surface area contributed by atoms with Crippen LogP contribution in [-0.2, 0) is 15.8 Å². The van der Waals surface area contributed by atoms with Crippen LogP contribution in [0.5, 0.6) is 0 Å². The molecule has 204 valence electrons. The molecule has 2 aliphatic heterocycles. The van der Waals surface area contributed by atoms with Crippen LogP contribution in [0.4, 0.5) is 18.9 Å². The van der Waals surface area contributed by atoms with Crippen molar-refractivity contribution in [3.05, 3.63) is 64.7 Å². The van der Waals surface area contributed by atoms with Crippen LogP contribution in [-0.4, -0.2) is 60.2 Å². The van der Waals surface area contributed by atoms with Crippen molar-refractivity contribution >= 4 is 23.4 Å².